The van der Waals surface area contributed by atoms with Crippen molar-refractivity contribution in [3.05, 3.63) is 51.8 Å². The molecule has 0 aliphatic heterocycles. The highest BCUT2D eigenvalue weighted by molar-refractivity contribution is 9.10. The maximum atomic E-state index is 4.39. The first-order valence-corrected chi connectivity index (χ1v) is 7.43. The number of hydrogen-bond donors (Lipinski definition) is 0. The van der Waals surface area contributed by atoms with E-state index in [-0.39, 0.29) is 0 Å². The highest BCUT2D eigenvalue weighted by Gasteiger charge is 2.09. The fourth-order valence-corrected chi connectivity index (χ4v) is 3.39. The van der Waals surface area contributed by atoms with E-state index in [4.69, 9.17) is 0 Å². The Kier molecular flexibility index (Phi) is 4.29. The minimum Gasteiger partial charge on any atom is -0.270 e. The van der Waals surface area contributed by atoms with Crippen molar-refractivity contribution in [1.29, 1.82) is 0 Å². The zero-order valence-corrected chi connectivity index (χ0v) is 12.4. The molecule has 0 aliphatic carbocycles. The molecule has 90 valence electrons. The summed E-state index contributed by atoms with van der Waals surface area (Å²) in [6, 6.07) is 10.5. The van der Waals surface area contributed by atoms with E-state index in [0.29, 0.717) is 0 Å². The maximum Gasteiger partial charge on any atom is 0.0738 e. The summed E-state index contributed by atoms with van der Waals surface area (Å²) >= 11 is 5.50. The second-order valence-electron chi connectivity index (χ2n) is 3.95. The van der Waals surface area contributed by atoms with Crippen LogP contribution in [0.2, 0.25) is 0 Å². The second-order valence-corrected chi connectivity index (χ2v) is 5.73. The van der Waals surface area contributed by atoms with Crippen LogP contribution in [0, 0.1) is 6.92 Å². The van der Waals surface area contributed by atoms with Crippen molar-refractivity contribution >= 4 is 27.7 Å². The fraction of sp³-hybridized carbons (Fsp3) is 0.308. The van der Waals surface area contributed by atoms with E-state index in [1.807, 2.05) is 30.4 Å². The highest BCUT2D eigenvalue weighted by atomic mass is 79.9. The van der Waals surface area contributed by atoms with Gasteiger partial charge >= 0.3 is 0 Å². The molecule has 0 radical (unpaired) electrons. The molecule has 0 saturated carbocycles. The number of hydrogen-bond acceptors (Lipinski definition) is 2. The van der Waals surface area contributed by atoms with Crippen LogP contribution in [0.25, 0.3) is 0 Å². The Morgan fingerprint density at radius 3 is 2.53 bits per heavy atom. The first kappa shape index (κ1) is 12.7. The Hall–Kier alpha value is -0.740. The van der Waals surface area contributed by atoms with Crippen LogP contribution in [0.1, 0.15) is 17.0 Å². The van der Waals surface area contributed by atoms with Crippen molar-refractivity contribution in [1.82, 2.24) is 9.78 Å². The van der Waals surface area contributed by atoms with E-state index in [1.165, 1.54) is 11.3 Å². The van der Waals surface area contributed by atoms with Crippen molar-refractivity contribution < 1.29 is 0 Å². The molecule has 0 N–H and O–H groups in total. The van der Waals surface area contributed by atoms with E-state index >= 15 is 0 Å². The predicted octanol–water partition coefficient (Wildman–Crippen LogP) is 3.92. The van der Waals surface area contributed by atoms with Crippen LogP contribution in [-0.4, -0.2) is 9.78 Å². The molecule has 0 aliphatic rings. The number of aryl methyl sites for hydroxylation is 2. The molecule has 1 aromatic carbocycles. The van der Waals surface area contributed by atoms with Crippen LogP contribution in [0.5, 0.6) is 0 Å². The smallest absolute Gasteiger partial charge is 0.0738 e. The quantitative estimate of drug-likeness (QED) is 0.851. The Morgan fingerprint density at radius 1 is 1.24 bits per heavy atom. The first-order valence-electron chi connectivity index (χ1n) is 5.48. The SMILES string of the molecule is Cc1nn(C)c(CSCc2ccccc2)c1Br. The summed E-state index contributed by atoms with van der Waals surface area (Å²) in [6.07, 6.45) is 0. The molecule has 0 spiro atoms. The van der Waals surface area contributed by atoms with Gasteiger partial charge in [-0.2, -0.15) is 16.9 Å². The number of aromatic nitrogens is 2. The summed E-state index contributed by atoms with van der Waals surface area (Å²) in [5, 5.41) is 4.39. The summed E-state index contributed by atoms with van der Waals surface area (Å²) in [5.74, 6) is 2.02. The van der Waals surface area contributed by atoms with Gasteiger partial charge in [-0.05, 0) is 28.4 Å². The molecule has 1 heterocycles. The average Bonchev–Trinajstić information content (AvgIpc) is 2.57. The summed E-state index contributed by atoms with van der Waals surface area (Å²) in [4.78, 5) is 0. The summed E-state index contributed by atoms with van der Waals surface area (Å²) in [5.41, 5.74) is 3.68. The number of nitrogens with zero attached hydrogens (tertiary/aromatic N) is 2. The molecule has 0 bridgehead atoms. The lowest BCUT2D eigenvalue weighted by atomic mass is 10.2. The van der Waals surface area contributed by atoms with Gasteiger partial charge in [0.25, 0.3) is 0 Å². The third-order valence-corrected chi connectivity index (χ3v) is 4.66. The molecule has 0 amide bonds. The second kappa shape index (κ2) is 5.74. The predicted molar refractivity (Wildman–Crippen MR) is 77.1 cm³/mol. The Balaban J connectivity index is 1.95. The molecule has 2 nitrogen and oxygen atoms in total. The molecule has 0 unspecified atom stereocenters. The molecule has 1 aromatic heterocycles. The van der Waals surface area contributed by atoms with Crippen LogP contribution in [-0.2, 0) is 18.6 Å². The van der Waals surface area contributed by atoms with Crippen molar-refractivity contribution in [2.24, 2.45) is 7.05 Å². The van der Waals surface area contributed by atoms with Crippen LogP contribution in [0.4, 0.5) is 0 Å². The van der Waals surface area contributed by atoms with Crippen LogP contribution in [0.15, 0.2) is 34.8 Å². The molecular weight excluding hydrogens is 296 g/mol. The lowest BCUT2D eigenvalue weighted by Crippen LogP contribution is -1.97. The third-order valence-electron chi connectivity index (χ3n) is 2.61. The largest absolute Gasteiger partial charge is 0.270 e. The monoisotopic (exact) mass is 310 g/mol. The topological polar surface area (TPSA) is 17.8 Å². The van der Waals surface area contributed by atoms with Crippen LogP contribution in [0.3, 0.4) is 0 Å². The normalized spacial score (nSPS) is 10.8. The molecule has 0 saturated heterocycles. The maximum absolute atomic E-state index is 4.39. The van der Waals surface area contributed by atoms with Gasteiger partial charge in [0, 0.05) is 18.6 Å². The summed E-state index contributed by atoms with van der Waals surface area (Å²) in [7, 11) is 2.00. The zero-order chi connectivity index (χ0) is 12.3. The van der Waals surface area contributed by atoms with Gasteiger partial charge in [0.1, 0.15) is 0 Å². The van der Waals surface area contributed by atoms with Crippen molar-refractivity contribution in [2.75, 3.05) is 0 Å². The lowest BCUT2D eigenvalue weighted by molar-refractivity contribution is 0.727. The van der Waals surface area contributed by atoms with E-state index in [9.17, 15) is 0 Å². The number of thioether (sulfide) groups is 1. The van der Waals surface area contributed by atoms with Crippen molar-refractivity contribution in [3.8, 4) is 0 Å². The first-order chi connectivity index (χ1) is 8.18. The Bertz CT molecular complexity index is 494. The van der Waals surface area contributed by atoms with Gasteiger partial charge < -0.3 is 0 Å². The minimum atomic E-state index is 0.979. The third kappa shape index (κ3) is 3.13. The zero-order valence-electron chi connectivity index (χ0n) is 9.98. The van der Waals surface area contributed by atoms with Crippen molar-refractivity contribution in [2.45, 2.75) is 18.4 Å². The Morgan fingerprint density at radius 2 is 1.94 bits per heavy atom. The lowest BCUT2D eigenvalue weighted by Gasteiger charge is -2.03. The van der Waals surface area contributed by atoms with E-state index in [1.54, 1.807) is 0 Å². The Labute approximate surface area is 115 Å². The van der Waals surface area contributed by atoms with Gasteiger partial charge in [-0.1, -0.05) is 30.3 Å². The van der Waals surface area contributed by atoms with Gasteiger partial charge in [-0.15, -0.1) is 0 Å². The fourth-order valence-electron chi connectivity index (χ4n) is 1.68. The number of halogens is 1. The van der Waals surface area contributed by atoms with E-state index in [2.05, 4.69) is 51.4 Å². The number of benzene rings is 1. The van der Waals surface area contributed by atoms with E-state index < -0.39 is 0 Å². The summed E-state index contributed by atoms with van der Waals surface area (Å²) < 4.78 is 3.10. The van der Waals surface area contributed by atoms with Crippen molar-refractivity contribution in [3.63, 3.8) is 0 Å². The van der Waals surface area contributed by atoms with E-state index in [0.717, 1.165) is 21.7 Å². The van der Waals surface area contributed by atoms with Gasteiger partial charge in [0.2, 0.25) is 0 Å². The molecular formula is C13H15BrN2S. The van der Waals surface area contributed by atoms with Crippen LogP contribution < -0.4 is 0 Å². The summed E-state index contributed by atoms with van der Waals surface area (Å²) in [6.45, 7) is 2.02. The standard InChI is InChI=1S/C13H15BrN2S/c1-10-13(14)12(16(2)15-10)9-17-8-11-6-4-3-5-7-11/h3-7H,8-9H2,1-2H3. The molecule has 0 fully saturated rings. The number of rotatable bonds is 4. The van der Waals surface area contributed by atoms with Crippen LogP contribution >= 0.6 is 27.7 Å². The van der Waals surface area contributed by atoms with Gasteiger partial charge in [-0.25, -0.2) is 0 Å². The average molecular weight is 311 g/mol. The van der Waals surface area contributed by atoms with Gasteiger partial charge in [0.15, 0.2) is 0 Å². The minimum absolute atomic E-state index is 0.979. The molecule has 2 rings (SSSR count). The molecule has 0 atom stereocenters. The molecule has 2 aromatic rings. The van der Waals surface area contributed by atoms with Gasteiger partial charge in [0.05, 0.1) is 15.9 Å². The highest BCUT2D eigenvalue weighted by Crippen LogP contribution is 2.25. The molecule has 4 heteroatoms. The molecule has 17 heavy (non-hydrogen) atoms. The van der Waals surface area contributed by atoms with Gasteiger partial charge in [-0.3, -0.25) is 4.68 Å².